The van der Waals surface area contributed by atoms with Crippen molar-refractivity contribution >= 4 is 27.9 Å². The smallest absolute Gasteiger partial charge is 0.161 e. The maximum Gasteiger partial charge on any atom is 0.161 e. The van der Waals surface area contributed by atoms with E-state index in [-0.39, 0.29) is 0 Å². The molecule has 0 aliphatic rings. The highest BCUT2D eigenvalue weighted by molar-refractivity contribution is 5.94. The third kappa shape index (κ3) is 2.26. The van der Waals surface area contributed by atoms with Gasteiger partial charge in [0, 0.05) is 29.0 Å². The number of rotatable bonds is 3. The van der Waals surface area contributed by atoms with Crippen LogP contribution in [-0.4, -0.2) is 24.3 Å². The fourth-order valence-corrected chi connectivity index (χ4v) is 3.15. The van der Waals surface area contributed by atoms with Crippen LogP contribution in [0.15, 0.2) is 73.4 Å². The predicted octanol–water partition coefficient (Wildman–Crippen LogP) is 3.20. The van der Waals surface area contributed by atoms with Crippen LogP contribution in [0, 0.1) is 0 Å². The van der Waals surface area contributed by atoms with Gasteiger partial charge in [0.1, 0.15) is 0 Å². The molecule has 0 amide bonds. The first-order chi connectivity index (χ1) is 12.8. The molecule has 0 aliphatic carbocycles. The second-order valence-electron chi connectivity index (χ2n) is 5.97. The Labute approximate surface area is 148 Å². The van der Waals surface area contributed by atoms with Crippen LogP contribution in [0.5, 0.6) is 0 Å². The lowest BCUT2D eigenvalue weighted by Crippen LogP contribution is -2.07. The van der Waals surface area contributed by atoms with Crippen molar-refractivity contribution in [1.29, 1.82) is 0 Å². The first kappa shape index (κ1) is 14.5. The van der Waals surface area contributed by atoms with Crippen molar-refractivity contribution in [2.24, 2.45) is 0 Å². The molecule has 26 heavy (non-hydrogen) atoms. The molecule has 5 rings (SSSR count). The molecule has 0 fully saturated rings. The maximum absolute atomic E-state index is 5.67. The minimum atomic E-state index is 0.827. The van der Waals surface area contributed by atoms with E-state index < -0.39 is 0 Å². The van der Waals surface area contributed by atoms with Gasteiger partial charge in [0.15, 0.2) is 5.65 Å². The lowest BCUT2D eigenvalue weighted by molar-refractivity contribution is 0.832. The van der Waals surface area contributed by atoms with Gasteiger partial charge in [-0.2, -0.15) is 9.89 Å². The van der Waals surface area contributed by atoms with E-state index in [1.54, 1.807) is 18.6 Å². The van der Waals surface area contributed by atoms with E-state index in [0.717, 1.165) is 39.2 Å². The molecule has 0 bridgehead atoms. The number of nitrogens with two attached hydrogens (primary N) is 1. The number of aromatic nitrogens is 5. The molecule has 7 nitrogen and oxygen atoms in total. The van der Waals surface area contributed by atoms with E-state index in [0.29, 0.717) is 0 Å². The molecule has 0 radical (unpaired) electrons. The van der Waals surface area contributed by atoms with Gasteiger partial charge in [-0.15, -0.1) is 0 Å². The summed E-state index contributed by atoms with van der Waals surface area (Å²) in [6.07, 6.45) is 9.08. The van der Waals surface area contributed by atoms with Crippen LogP contribution in [0.3, 0.4) is 0 Å². The van der Waals surface area contributed by atoms with Gasteiger partial charge < -0.3 is 11.2 Å². The number of nitrogens with one attached hydrogen (secondary N) is 1. The van der Waals surface area contributed by atoms with Gasteiger partial charge in [-0.3, -0.25) is 9.38 Å². The van der Waals surface area contributed by atoms with Gasteiger partial charge in [-0.25, -0.2) is 4.98 Å². The Kier molecular flexibility index (Phi) is 3.11. The highest BCUT2D eigenvalue weighted by atomic mass is 15.5. The number of nitrogen functional groups attached to an aromatic ring is 1. The van der Waals surface area contributed by atoms with Gasteiger partial charge in [0.25, 0.3) is 0 Å². The van der Waals surface area contributed by atoms with Gasteiger partial charge in [-0.05, 0) is 36.4 Å². The van der Waals surface area contributed by atoms with Crippen LogP contribution in [0.4, 0.5) is 11.4 Å². The number of imidazole rings is 1. The SMILES string of the molecule is Nn1cc(-c2cnc3c(Nc4cccc5ncccc45)cccn23)cn1. The third-order valence-electron chi connectivity index (χ3n) is 4.35. The molecule has 0 aliphatic heterocycles. The first-order valence-corrected chi connectivity index (χ1v) is 8.16. The van der Waals surface area contributed by atoms with Crippen LogP contribution in [0.25, 0.3) is 27.8 Å². The van der Waals surface area contributed by atoms with Crippen LogP contribution < -0.4 is 11.2 Å². The Morgan fingerprint density at radius 2 is 1.85 bits per heavy atom. The van der Waals surface area contributed by atoms with Crippen molar-refractivity contribution in [1.82, 2.24) is 24.3 Å². The van der Waals surface area contributed by atoms with Crippen molar-refractivity contribution in [2.45, 2.75) is 0 Å². The monoisotopic (exact) mass is 341 g/mol. The summed E-state index contributed by atoms with van der Waals surface area (Å²) in [7, 11) is 0. The summed E-state index contributed by atoms with van der Waals surface area (Å²) in [5, 5.41) is 8.59. The number of benzene rings is 1. The average Bonchev–Trinajstić information content (AvgIpc) is 3.28. The highest BCUT2D eigenvalue weighted by Crippen LogP contribution is 2.29. The fourth-order valence-electron chi connectivity index (χ4n) is 3.15. The quantitative estimate of drug-likeness (QED) is 0.492. The minimum Gasteiger partial charge on any atom is -0.352 e. The molecule has 126 valence electrons. The molecule has 0 unspecified atom stereocenters. The third-order valence-corrected chi connectivity index (χ3v) is 4.35. The van der Waals surface area contributed by atoms with Gasteiger partial charge >= 0.3 is 0 Å². The Morgan fingerprint density at radius 3 is 2.73 bits per heavy atom. The lowest BCUT2D eigenvalue weighted by Gasteiger charge is -2.10. The largest absolute Gasteiger partial charge is 0.352 e. The Hall–Kier alpha value is -3.87. The molecule has 4 aromatic heterocycles. The summed E-state index contributed by atoms with van der Waals surface area (Å²) in [6.45, 7) is 0. The minimum absolute atomic E-state index is 0.827. The normalized spacial score (nSPS) is 11.2. The standard InChI is InChI=1S/C19H15N7/c20-26-12-13(10-23-26)18-11-22-19-17(7-3-9-25(18)19)24-16-6-1-5-15-14(16)4-2-8-21-15/h1-12,24H,20H2. The lowest BCUT2D eigenvalue weighted by atomic mass is 10.2. The number of hydrogen-bond acceptors (Lipinski definition) is 5. The molecule has 5 aromatic rings. The van der Waals surface area contributed by atoms with Crippen molar-refractivity contribution < 1.29 is 0 Å². The molecule has 7 heteroatoms. The van der Waals surface area contributed by atoms with Crippen molar-refractivity contribution in [2.75, 3.05) is 11.2 Å². The Morgan fingerprint density at radius 1 is 0.923 bits per heavy atom. The predicted molar refractivity (Wildman–Crippen MR) is 102 cm³/mol. The topological polar surface area (TPSA) is 86.1 Å². The number of anilines is 2. The molecule has 0 atom stereocenters. The summed E-state index contributed by atoms with van der Waals surface area (Å²) >= 11 is 0. The van der Waals surface area contributed by atoms with E-state index in [1.807, 2.05) is 53.2 Å². The molecule has 0 spiro atoms. The zero-order valence-electron chi connectivity index (χ0n) is 13.7. The number of nitrogens with zero attached hydrogens (tertiary/aromatic N) is 5. The van der Waals surface area contributed by atoms with Crippen molar-refractivity contribution in [3.8, 4) is 11.3 Å². The van der Waals surface area contributed by atoms with Gasteiger partial charge in [-0.1, -0.05) is 6.07 Å². The summed E-state index contributed by atoms with van der Waals surface area (Å²) < 4.78 is 2.02. The Balaban J connectivity index is 1.62. The number of pyridine rings is 2. The van der Waals surface area contributed by atoms with Gasteiger partial charge in [0.05, 0.1) is 35.5 Å². The molecule has 3 N–H and O–H groups in total. The highest BCUT2D eigenvalue weighted by Gasteiger charge is 2.11. The molecular formula is C19H15N7. The van der Waals surface area contributed by atoms with E-state index in [9.17, 15) is 0 Å². The van der Waals surface area contributed by atoms with E-state index in [4.69, 9.17) is 5.84 Å². The summed E-state index contributed by atoms with van der Waals surface area (Å²) in [5.41, 5.74) is 5.52. The molecule has 4 heterocycles. The Bertz CT molecular complexity index is 1230. The first-order valence-electron chi connectivity index (χ1n) is 8.16. The van der Waals surface area contributed by atoms with Crippen molar-refractivity contribution in [3.63, 3.8) is 0 Å². The molecule has 0 saturated heterocycles. The van der Waals surface area contributed by atoms with Gasteiger partial charge in [0.2, 0.25) is 0 Å². The summed E-state index contributed by atoms with van der Waals surface area (Å²) in [4.78, 5) is 10.3. The van der Waals surface area contributed by atoms with Crippen LogP contribution >= 0.6 is 0 Å². The maximum atomic E-state index is 5.67. The van der Waals surface area contributed by atoms with Crippen molar-refractivity contribution in [3.05, 3.63) is 73.4 Å². The van der Waals surface area contributed by atoms with E-state index in [1.165, 1.54) is 4.79 Å². The zero-order valence-corrected chi connectivity index (χ0v) is 13.7. The van der Waals surface area contributed by atoms with Crippen LogP contribution in [0.1, 0.15) is 0 Å². The number of hydrogen-bond donors (Lipinski definition) is 2. The molecule has 0 saturated carbocycles. The average molecular weight is 341 g/mol. The zero-order chi connectivity index (χ0) is 17.5. The summed E-state index contributed by atoms with van der Waals surface area (Å²) in [6, 6.07) is 14.0. The number of fused-ring (bicyclic) bond motifs is 2. The van der Waals surface area contributed by atoms with Crippen LogP contribution in [-0.2, 0) is 0 Å². The molecule has 1 aromatic carbocycles. The summed E-state index contributed by atoms with van der Waals surface area (Å²) in [5.74, 6) is 5.67. The van der Waals surface area contributed by atoms with Crippen LogP contribution in [0.2, 0.25) is 0 Å². The second kappa shape index (κ2) is 5.59. The van der Waals surface area contributed by atoms with E-state index >= 15 is 0 Å². The fraction of sp³-hybridized carbons (Fsp3) is 0. The van der Waals surface area contributed by atoms with E-state index in [2.05, 4.69) is 26.4 Å². The molecular weight excluding hydrogens is 326 g/mol. The second-order valence-corrected chi connectivity index (χ2v) is 5.97.